The number of fused-ring (bicyclic) bond motifs is 1. The maximum atomic E-state index is 12.6. The number of nitrogens with zero attached hydrogens (tertiary/aromatic N) is 2. The fourth-order valence-electron chi connectivity index (χ4n) is 2.48. The van der Waals surface area contributed by atoms with E-state index in [1.54, 1.807) is 35.1 Å². The number of aliphatic hydroxyl groups excluding tert-OH is 2. The summed E-state index contributed by atoms with van der Waals surface area (Å²) in [6.45, 7) is -0.753. The quantitative estimate of drug-likeness (QED) is 0.329. The first-order valence-corrected chi connectivity index (χ1v) is 9.05. The van der Waals surface area contributed by atoms with Crippen LogP contribution in [-0.4, -0.2) is 52.7 Å². The fourth-order valence-corrected chi connectivity index (χ4v) is 3.06. The normalized spacial score (nSPS) is 12.1. The third-order valence-electron chi connectivity index (χ3n) is 3.90. The first kappa shape index (κ1) is 20.4. The average molecular weight is 423 g/mol. The molecule has 0 saturated carbocycles. The molecule has 0 fully saturated rings. The standard InChI is InChI=1S/C17H17BCl2N4O4/c18-9-1-2-13(12(19)5-9)22-15-11(17(27)23-28-8-10(26)7-25)6-24-4-3-21-16(24)14(15)20/h1-6,10,22,25-26H,7-8,18H2,(H,23,27)/t10-/m1/s1. The smallest absolute Gasteiger partial charge is 0.278 e. The SMILES string of the molecule is Bc1ccc(Nc2c(C(=O)NOC[C@H](O)CO)cn3ccnc3c2Cl)c(Cl)c1. The molecule has 3 aromatic rings. The highest BCUT2D eigenvalue weighted by Gasteiger charge is 2.20. The van der Waals surface area contributed by atoms with Crippen molar-refractivity contribution >= 4 is 59.4 Å². The molecule has 1 amide bonds. The van der Waals surface area contributed by atoms with Crippen molar-refractivity contribution in [2.24, 2.45) is 0 Å². The molecular weight excluding hydrogens is 406 g/mol. The van der Waals surface area contributed by atoms with Gasteiger partial charge < -0.3 is 19.9 Å². The van der Waals surface area contributed by atoms with Crippen molar-refractivity contribution in [2.45, 2.75) is 6.10 Å². The number of hydroxylamine groups is 1. The van der Waals surface area contributed by atoms with Crippen LogP contribution >= 0.6 is 23.2 Å². The summed E-state index contributed by atoms with van der Waals surface area (Å²) < 4.78 is 1.60. The van der Waals surface area contributed by atoms with Crippen molar-refractivity contribution in [1.29, 1.82) is 0 Å². The lowest BCUT2D eigenvalue weighted by molar-refractivity contribution is -0.0295. The Bertz CT molecular complexity index is 1010. The monoisotopic (exact) mass is 422 g/mol. The molecule has 28 heavy (non-hydrogen) atoms. The molecule has 0 aliphatic rings. The Balaban J connectivity index is 1.96. The summed E-state index contributed by atoms with van der Waals surface area (Å²) in [7, 11) is 1.91. The zero-order valence-electron chi connectivity index (χ0n) is 14.8. The second kappa shape index (κ2) is 8.81. The zero-order valence-corrected chi connectivity index (χ0v) is 16.3. The number of amides is 1. The van der Waals surface area contributed by atoms with Gasteiger partial charge in [0.15, 0.2) is 5.65 Å². The summed E-state index contributed by atoms with van der Waals surface area (Å²) in [6, 6.07) is 5.43. The highest BCUT2D eigenvalue weighted by atomic mass is 35.5. The number of aromatic nitrogens is 2. The molecule has 0 spiro atoms. The van der Waals surface area contributed by atoms with Gasteiger partial charge in [-0.3, -0.25) is 9.63 Å². The number of carbonyl (C=O) groups is 1. The second-order valence-electron chi connectivity index (χ2n) is 6.08. The van der Waals surface area contributed by atoms with Crippen LogP contribution in [0.2, 0.25) is 10.0 Å². The zero-order chi connectivity index (χ0) is 20.3. The Morgan fingerprint density at radius 1 is 1.39 bits per heavy atom. The number of rotatable bonds is 7. The van der Waals surface area contributed by atoms with Crippen LogP contribution in [0, 0.1) is 0 Å². The molecule has 0 radical (unpaired) electrons. The minimum Gasteiger partial charge on any atom is -0.394 e. The maximum absolute atomic E-state index is 12.6. The molecule has 0 aliphatic carbocycles. The molecule has 11 heteroatoms. The van der Waals surface area contributed by atoms with E-state index in [0.717, 1.165) is 5.46 Å². The number of hydrogen-bond donors (Lipinski definition) is 4. The van der Waals surface area contributed by atoms with Crippen LogP contribution in [0.3, 0.4) is 0 Å². The predicted molar refractivity (Wildman–Crippen MR) is 110 cm³/mol. The number of carbonyl (C=O) groups excluding carboxylic acids is 1. The van der Waals surface area contributed by atoms with Gasteiger partial charge in [0.1, 0.15) is 25.6 Å². The fraction of sp³-hybridized carbons (Fsp3) is 0.176. The minimum atomic E-state index is -1.11. The van der Waals surface area contributed by atoms with Gasteiger partial charge in [0, 0.05) is 18.6 Å². The molecule has 0 saturated heterocycles. The van der Waals surface area contributed by atoms with Gasteiger partial charge in [0.25, 0.3) is 5.91 Å². The van der Waals surface area contributed by atoms with Crippen LogP contribution in [0.25, 0.3) is 5.65 Å². The van der Waals surface area contributed by atoms with E-state index in [0.29, 0.717) is 22.0 Å². The van der Waals surface area contributed by atoms with Gasteiger partial charge in [-0.2, -0.15) is 0 Å². The Labute approximate surface area is 171 Å². The largest absolute Gasteiger partial charge is 0.394 e. The van der Waals surface area contributed by atoms with Gasteiger partial charge in [-0.1, -0.05) is 34.7 Å². The van der Waals surface area contributed by atoms with E-state index in [1.807, 2.05) is 13.9 Å². The highest BCUT2D eigenvalue weighted by molar-refractivity contribution is 6.39. The predicted octanol–water partition coefficient (Wildman–Crippen LogP) is 0.658. The van der Waals surface area contributed by atoms with E-state index in [4.69, 9.17) is 33.1 Å². The lowest BCUT2D eigenvalue weighted by Crippen LogP contribution is -2.30. The molecule has 1 aromatic carbocycles. The minimum absolute atomic E-state index is 0.172. The molecule has 2 heterocycles. The Kier molecular flexibility index (Phi) is 6.43. The topological polar surface area (TPSA) is 108 Å². The van der Waals surface area contributed by atoms with Gasteiger partial charge in [-0.15, -0.1) is 0 Å². The first-order chi connectivity index (χ1) is 13.4. The third kappa shape index (κ3) is 4.40. The number of nitrogens with one attached hydrogen (secondary N) is 2. The van der Waals surface area contributed by atoms with Crippen LogP contribution in [-0.2, 0) is 4.84 Å². The van der Waals surface area contributed by atoms with Crippen molar-refractivity contribution < 1.29 is 19.8 Å². The van der Waals surface area contributed by atoms with Crippen molar-refractivity contribution in [3.63, 3.8) is 0 Å². The van der Waals surface area contributed by atoms with E-state index < -0.39 is 18.6 Å². The highest BCUT2D eigenvalue weighted by Crippen LogP contribution is 2.34. The maximum Gasteiger partial charge on any atom is 0.278 e. The van der Waals surface area contributed by atoms with Crippen molar-refractivity contribution in [1.82, 2.24) is 14.9 Å². The van der Waals surface area contributed by atoms with Crippen LogP contribution in [0.4, 0.5) is 11.4 Å². The number of pyridine rings is 1. The van der Waals surface area contributed by atoms with Crippen LogP contribution < -0.4 is 16.3 Å². The molecule has 4 N–H and O–H groups in total. The molecular formula is C17H17BCl2N4O4. The molecule has 2 aromatic heterocycles. The van der Waals surface area contributed by atoms with E-state index >= 15 is 0 Å². The summed E-state index contributed by atoms with van der Waals surface area (Å²) in [4.78, 5) is 21.8. The van der Waals surface area contributed by atoms with Crippen LogP contribution in [0.5, 0.6) is 0 Å². The summed E-state index contributed by atoms with van der Waals surface area (Å²) in [6.07, 6.45) is 3.64. The summed E-state index contributed by atoms with van der Waals surface area (Å²) in [5.74, 6) is -0.603. The van der Waals surface area contributed by atoms with Gasteiger partial charge in [-0.25, -0.2) is 10.5 Å². The lowest BCUT2D eigenvalue weighted by atomic mass is 9.96. The van der Waals surface area contributed by atoms with Crippen molar-refractivity contribution in [2.75, 3.05) is 18.5 Å². The molecule has 146 valence electrons. The molecule has 1 atom stereocenters. The number of aliphatic hydroxyl groups is 2. The Morgan fingerprint density at radius 2 is 2.18 bits per heavy atom. The second-order valence-corrected chi connectivity index (χ2v) is 6.86. The average Bonchev–Trinajstić information content (AvgIpc) is 3.14. The number of hydrogen-bond acceptors (Lipinski definition) is 6. The van der Waals surface area contributed by atoms with Crippen molar-refractivity contribution in [3.8, 4) is 0 Å². The third-order valence-corrected chi connectivity index (χ3v) is 4.57. The number of benzene rings is 1. The van der Waals surface area contributed by atoms with Gasteiger partial charge in [0.05, 0.1) is 28.6 Å². The first-order valence-electron chi connectivity index (χ1n) is 8.30. The van der Waals surface area contributed by atoms with Crippen LogP contribution in [0.15, 0.2) is 36.8 Å². The van der Waals surface area contributed by atoms with Crippen molar-refractivity contribution in [3.05, 3.63) is 52.4 Å². The lowest BCUT2D eigenvalue weighted by Gasteiger charge is -2.16. The van der Waals surface area contributed by atoms with Gasteiger partial charge in [0.2, 0.25) is 0 Å². The van der Waals surface area contributed by atoms with Gasteiger partial charge >= 0.3 is 0 Å². The molecule has 0 unspecified atom stereocenters. The Morgan fingerprint density at radius 3 is 2.89 bits per heavy atom. The van der Waals surface area contributed by atoms with E-state index in [1.165, 1.54) is 0 Å². The molecule has 0 aliphatic heterocycles. The molecule has 0 bridgehead atoms. The Hall–Kier alpha value is -2.30. The van der Waals surface area contributed by atoms with E-state index in [9.17, 15) is 9.90 Å². The number of halogens is 2. The van der Waals surface area contributed by atoms with E-state index in [-0.39, 0.29) is 17.2 Å². The number of imidazole rings is 1. The summed E-state index contributed by atoms with van der Waals surface area (Å²) >= 11 is 12.8. The van der Waals surface area contributed by atoms with Crippen LogP contribution in [0.1, 0.15) is 10.4 Å². The molecule has 8 nitrogen and oxygen atoms in total. The van der Waals surface area contributed by atoms with E-state index in [2.05, 4.69) is 15.8 Å². The number of anilines is 2. The van der Waals surface area contributed by atoms with Gasteiger partial charge in [-0.05, 0) is 12.1 Å². The molecule has 3 rings (SSSR count). The summed E-state index contributed by atoms with van der Waals surface area (Å²) in [5, 5.41) is 21.9. The summed E-state index contributed by atoms with van der Waals surface area (Å²) in [5.41, 5.74) is 4.71.